The summed E-state index contributed by atoms with van der Waals surface area (Å²) in [4.78, 5) is 37.0. The maximum absolute atomic E-state index is 12.7. The molecule has 0 aromatic heterocycles. The zero-order valence-corrected chi connectivity index (χ0v) is 17.5. The van der Waals surface area contributed by atoms with Crippen molar-refractivity contribution in [1.82, 2.24) is 10.2 Å². The first-order chi connectivity index (χ1) is 14.3. The Hall–Kier alpha value is -3.42. The van der Waals surface area contributed by atoms with Crippen LogP contribution in [0.4, 0.5) is 16.2 Å². The number of amides is 3. The second-order valence-corrected chi connectivity index (χ2v) is 7.13. The molecule has 0 radical (unpaired) electrons. The summed E-state index contributed by atoms with van der Waals surface area (Å²) in [7, 11) is 0. The van der Waals surface area contributed by atoms with Crippen molar-refractivity contribution in [2.75, 3.05) is 11.9 Å². The number of nitro benzene ring substituents is 1. The van der Waals surface area contributed by atoms with Crippen LogP contribution in [-0.2, 0) is 4.79 Å². The first-order valence-corrected chi connectivity index (χ1v) is 9.98. The summed E-state index contributed by atoms with van der Waals surface area (Å²) in [6.45, 7) is 6.07. The third kappa shape index (κ3) is 6.58. The standard InChI is InChI=1S/C22H28N4O4/c1-4-16(2)25(22(28)24-19-10-12-20(13-11-19)26(29)30)15-14-21(27)23-17(3)18-8-6-5-7-9-18/h5-13,16-17H,4,14-15H2,1-3H3,(H,23,27)(H,24,28)/t16-,17+/m0/s1. The van der Waals surface area contributed by atoms with Gasteiger partial charge in [-0.05, 0) is 38.0 Å². The molecule has 0 aliphatic heterocycles. The van der Waals surface area contributed by atoms with Crippen LogP contribution in [0.1, 0.15) is 45.2 Å². The van der Waals surface area contributed by atoms with Gasteiger partial charge >= 0.3 is 6.03 Å². The summed E-state index contributed by atoms with van der Waals surface area (Å²) in [5.41, 5.74) is 1.43. The number of carbonyl (C=O) groups is 2. The number of non-ortho nitro benzene ring substituents is 1. The van der Waals surface area contributed by atoms with E-state index in [1.165, 1.54) is 24.3 Å². The third-order valence-electron chi connectivity index (χ3n) is 4.97. The van der Waals surface area contributed by atoms with E-state index in [9.17, 15) is 19.7 Å². The number of hydrogen-bond acceptors (Lipinski definition) is 4. The zero-order valence-electron chi connectivity index (χ0n) is 17.5. The predicted molar refractivity (Wildman–Crippen MR) is 116 cm³/mol. The van der Waals surface area contributed by atoms with Crippen LogP contribution in [0.3, 0.4) is 0 Å². The smallest absolute Gasteiger partial charge is 0.322 e. The van der Waals surface area contributed by atoms with E-state index in [1.807, 2.05) is 51.1 Å². The molecule has 0 bridgehead atoms. The van der Waals surface area contributed by atoms with Crippen molar-refractivity contribution in [2.45, 2.75) is 45.7 Å². The highest BCUT2D eigenvalue weighted by atomic mass is 16.6. The molecule has 0 saturated carbocycles. The Morgan fingerprint density at radius 1 is 1.07 bits per heavy atom. The SMILES string of the molecule is CC[C@H](C)N(CCC(=O)N[C@H](C)c1ccccc1)C(=O)Nc1ccc([N+](=O)[O-])cc1. The fourth-order valence-electron chi connectivity index (χ4n) is 2.96. The molecular weight excluding hydrogens is 384 g/mol. The molecule has 8 nitrogen and oxygen atoms in total. The van der Waals surface area contributed by atoms with E-state index in [2.05, 4.69) is 10.6 Å². The average Bonchev–Trinajstić information content (AvgIpc) is 2.74. The molecule has 2 N–H and O–H groups in total. The lowest BCUT2D eigenvalue weighted by Gasteiger charge is -2.29. The lowest BCUT2D eigenvalue weighted by molar-refractivity contribution is -0.384. The second-order valence-electron chi connectivity index (χ2n) is 7.13. The highest BCUT2D eigenvalue weighted by molar-refractivity contribution is 5.90. The summed E-state index contributed by atoms with van der Waals surface area (Å²) in [5.74, 6) is -0.136. The van der Waals surface area contributed by atoms with E-state index in [0.29, 0.717) is 5.69 Å². The quantitative estimate of drug-likeness (QED) is 0.467. The van der Waals surface area contributed by atoms with Gasteiger partial charge in [0, 0.05) is 36.8 Å². The van der Waals surface area contributed by atoms with Gasteiger partial charge < -0.3 is 15.5 Å². The number of nitrogens with one attached hydrogen (secondary N) is 2. The molecule has 0 saturated heterocycles. The molecule has 0 heterocycles. The van der Waals surface area contributed by atoms with Gasteiger partial charge in [0.05, 0.1) is 11.0 Å². The van der Waals surface area contributed by atoms with E-state index in [0.717, 1.165) is 12.0 Å². The molecule has 0 fully saturated rings. The molecule has 2 rings (SSSR count). The van der Waals surface area contributed by atoms with Crippen LogP contribution in [0.25, 0.3) is 0 Å². The Morgan fingerprint density at radius 2 is 1.70 bits per heavy atom. The maximum atomic E-state index is 12.7. The molecule has 2 aromatic rings. The number of hydrogen-bond donors (Lipinski definition) is 2. The van der Waals surface area contributed by atoms with Gasteiger partial charge in [-0.1, -0.05) is 37.3 Å². The highest BCUT2D eigenvalue weighted by Gasteiger charge is 2.21. The molecule has 3 amide bonds. The highest BCUT2D eigenvalue weighted by Crippen LogP contribution is 2.17. The van der Waals surface area contributed by atoms with Crippen molar-refractivity contribution in [2.24, 2.45) is 0 Å². The molecule has 2 atom stereocenters. The van der Waals surface area contributed by atoms with E-state index in [-0.39, 0.29) is 42.7 Å². The van der Waals surface area contributed by atoms with Crippen molar-refractivity contribution in [1.29, 1.82) is 0 Å². The van der Waals surface area contributed by atoms with E-state index >= 15 is 0 Å². The first-order valence-electron chi connectivity index (χ1n) is 9.98. The van der Waals surface area contributed by atoms with Crippen molar-refractivity contribution < 1.29 is 14.5 Å². The normalized spacial score (nSPS) is 12.5. The molecule has 2 aromatic carbocycles. The Bertz CT molecular complexity index is 855. The topological polar surface area (TPSA) is 105 Å². The Labute approximate surface area is 176 Å². The number of carbonyl (C=O) groups excluding carboxylic acids is 2. The lowest BCUT2D eigenvalue weighted by Crippen LogP contribution is -2.43. The van der Waals surface area contributed by atoms with E-state index in [1.54, 1.807) is 4.90 Å². The van der Waals surface area contributed by atoms with Crippen LogP contribution in [0.2, 0.25) is 0 Å². The minimum Gasteiger partial charge on any atom is -0.350 e. The van der Waals surface area contributed by atoms with Gasteiger partial charge in [0.1, 0.15) is 0 Å². The fraction of sp³-hybridized carbons (Fsp3) is 0.364. The maximum Gasteiger partial charge on any atom is 0.322 e. The van der Waals surface area contributed by atoms with Crippen LogP contribution >= 0.6 is 0 Å². The van der Waals surface area contributed by atoms with Crippen LogP contribution in [-0.4, -0.2) is 34.3 Å². The Kier molecular flexibility index (Phi) is 8.34. The van der Waals surface area contributed by atoms with Gasteiger partial charge in [0.2, 0.25) is 5.91 Å². The molecule has 0 aliphatic rings. The van der Waals surface area contributed by atoms with Crippen LogP contribution in [0.5, 0.6) is 0 Å². The van der Waals surface area contributed by atoms with E-state index in [4.69, 9.17) is 0 Å². The fourth-order valence-corrected chi connectivity index (χ4v) is 2.96. The second kappa shape index (κ2) is 10.9. The van der Waals surface area contributed by atoms with Crippen LogP contribution in [0, 0.1) is 10.1 Å². The van der Waals surface area contributed by atoms with Gasteiger partial charge in [-0.25, -0.2) is 4.79 Å². The summed E-state index contributed by atoms with van der Waals surface area (Å²) >= 11 is 0. The predicted octanol–water partition coefficient (Wildman–Crippen LogP) is 4.49. The molecule has 160 valence electrons. The van der Waals surface area contributed by atoms with Crippen molar-refractivity contribution in [3.8, 4) is 0 Å². The Morgan fingerprint density at radius 3 is 2.27 bits per heavy atom. The van der Waals surface area contributed by atoms with Crippen molar-refractivity contribution in [3.05, 3.63) is 70.3 Å². The lowest BCUT2D eigenvalue weighted by atomic mass is 10.1. The van der Waals surface area contributed by atoms with Gasteiger partial charge in [-0.3, -0.25) is 14.9 Å². The van der Waals surface area contributed by atoms with E-state index < -0.39 is 4.92 Å². The summed E-state index contributed by atoms with van der Waals surface area (Å²) in [5, 5.41) is 16.5. The van der Waals surface area contributed by atoms with Crippen LogP contribution < -0.4 is 10.6 Å². The van der Waals surface area contributed by atoms with Gasteiger partial charge in [0.25, 0.3) is 5.69 Å². The van der Waals surface area contributed by atoms with Gasteiger partial charge in [-0.2, -0.15) is 0 Å². The molecule has 0 aliphatic carbocycles. The number of benzene rings is 2. The largest absolute Gasteiger partial charge is 0.350 e. The third-order valence-corrected chi connectivity index (χ3v) is 4.97. The molecule has 8 heteroatoms. The zero-order chi connectivity index (χ0) is 22.1. The number of rotatable bonds is 9. The first kappa shape index (κ1) is 22.9. The minimum atomic E-state index is -0.494. The molecule has 0 unspecified atom stereocenters. The van der Waals surface area contributed by atoms with Crippen LogP contribution in [0.15, 0.2) is 54.6 Å². The Balaban J connectivity index is 1.95. The minimum absolute atomic E-state index is 0.0454. The average molecular weight is 412 g/mol. The van der Waals surface area contributed by atoms with Crippen molar-refractivity contribution in [3.63, 3.8) is 0 Å². The number of nitrogens with zero attached hydrogens (tertiary/aromatic N) is 2. The number of urea groups is 1. The summed E-state index contributed by atoms with van der Waals surface area (Å²) < 4.78 is 0. The van der Waals surface area contributed by atoms with Crippen molar-refractivity contribution >= 4 is 23.3 Å². The monoisotopic (exact) mass is 412 g/mol. The van der Waals surface area contributed by atoms with Gasteiger partial charge in [-0.15, -0.1) is 0 Å². The molecule has 0 spiro atoms. The summed E-state index contributed by atoms with van der Waals surface area (Å²) in [6.07, 6.45) is 0.908. The molecule has 30 heavy (non-hydrogen) atoms. The molecular formula is C22H28N4O4. The number of nitro groups is 1. The number of anilines is 1. The summed E-state index contributed by atoms with van der Waals surface area (Å²) in [6, 6.07) is 14.8. The van der Waals surface area contributed by atoms with Gasteiger partial charge in [0.15, 0.2) is 0 Å².